The first-order valence-corrected chi connectivity index (χ1v) is 7.89. The lowest BCUT2D eigenvalue weighted by molar-refractivity contribution is -0.138. The fourth-order valence-corrected chi connectivity index (χ4v) is 2.74. The summed E-state index contributed by atoms with van der Waals surface area (Å²) in [6, 6.07) is 7.32. The van der Waals surface area contributed by atoms with Crippen molar-refractivity contribution in [3.63, 3.8) is 0 Å². The minimum absolute atomic E-state index is 0.00774. The van der Waals surface area contributed by atoms with Crippen molar-refractivity contribution >= 4 is 23.4 Å². The van der Waals surface area contributed by atoms with Crippen LogP contribution in [-0.2, 0) is 14.4 Å². The van der Waals surface area contributed by atoms with Crippen molar-refractivity contribution in [2.24, 2.45) is 0 Å². The number of carbonyl (C=O) groups excluding carboxylic acids is 3. The van der Waals surface area contributed by atoms with Crippen molar-refractivity contribution in [3.05, 3.63) is 29.8 Å². The van der Waals surface area contributed by atoms with Crippen LogP contribution in [0.15, 0.2) is 24.3 Å². The number of rotatable bonds is 5. The first kappa shape index (κ1) is 17.0. The molecule has 2 N–H and O–H groups in total. The van der Waals surface area contributed by atoms with Crippen LogP contribution in [0.3, 0.4) is 0 Å². The van der Waals surface area contributed by atoms with E-state index >= 15 is 0 Å². The molecule has 1 unspecified atom stereocenters. The van der Waals surface area contributed by atoms with Crippen molar-refractivity contribution in [2.45, 2.75) is 39.2 Å². The van der Waals surface area contributed by atoms with Gasteiger partial charge >= 0.3 is 0 Å². The van der Waals surface area contributed by atoms with Gasteiger partial charge in [-0.05, 0) is 32.4 Å². The van der Waals surface area contributed by atoms with Crippen LogP contribution in [0.4, 0.5) is 5.69 Å². The number of nitrogens with one attached hydrogen (secondary N) is 2. The molecule has 0 saturated heterocycles. The molecule has 1 atom stereocenters. The Labute approximate surface area is 136 Å². The van der Waals surface area contributed by atoms with E-state index in [-0.39, 0.29) is 36.7 Å². The smallest absolute Gasteiger partial charge is 0.239 e. The molecular formula is C17H23N3O3. The van der Waals surface area contributed by atoms with E-state index in [9.17, 15) is 14.4 Å². The molecule has 0 radical (unpaired) electrons. The van der Waals surface area contributed by atoms with Crippen LogP contribution in [0.2, 0.25) is 0 Å². The van der Waals surface area contributed by atoms with E-state index in [1.807, 2.05) is 39.0 Å². The Hall–Kier alpha value is -2.37. The second-order valence-electron chi connectivity index (χ2n) is 5.97. The maximum absolute atomic E-state index is 12.8. The number of para-hydroxylation sites is 1. The number of fused-ring (bicyclic) bond motifs is 1. The molecule has 0 fully saturated rings. The molecule has 1 aromatic rings. The third-order valence-electron chi connectivity index (χ3n) is 3.78. The summed E-state index contributed by atoms with van der Waals surface area (Å²) in [5, 5.41) is 5.56. The first-order valence-electron chi connectivity index (χ1n) is 7.89. The Morgan fingerprint density at radius 2 is 2.04 bits per heavy atom. The minimum atomic E-state index is -0.535. The molecule has 1 aliphatic rings. The van der Waals surface area contributed by atoms with Crippen molar-refractivity contribution in [1.82, 2.24) is 10.2 Å². The van der Waals surface area contributed by atoms with Gasteiger partial charge in [0.05, 0.1) is 12.5 Å². The quantitative estimate of drug-likeness (QED) is 0.863. The summed E-state index contributed by atoms with van der Waals surface area (Å²) in [6.45, 7) is 6.00. The predicted molar refractivity (Wildman–Crippen MR) is 88.0 cm³/mol. The number of likely N-dealkylation sites (N-methyl/N-ethyl adjacent to an activating group) is 1. The van der Waals surface area contributed by atoms with Gasteiger partial charge in [-0.2, -0.15) is 0 Å². The average Bonchev–Trinajstić information content (AvgIpc) is 2.50. The molecule has 3 amide bonds. The standard InChI is InChI=1S/C17H23N3O3/c1-4-20(10-16(22)18-11(2)3)17(23)13-9-15(21)19-14-8-6-5-7-12(13)14/h5-8,11,13H,4,9-10H2,1-3H3,(H,18,22)(H,19,21). The number of nitrogens with zero attached hydrogens (tertiary/aromatic N) is 1. The van der Waals surface area contributed by atoms with Gasteiger partial charge in [0.25, 0.3) is 0 Å². The SMILES string of the molecule is CCN(CC(=O)NC(C)C)C(=O)C1CC(=O)Nc2ccccc21. The summed E-state index contributed by atoms with van der Waals surface area (Å²) < 4.78 is 0. The van der Waals surface area contributed by atoms with Gasteiger partial charge in [-0.1, -0.05) is 18.2 Å². The van der Waals surface area contributed by atoms with E-state index in [1.165, 1.54) is 4.90 Å². The molecule has 2 rings (SSSR count). The topological polar surface area (TPSA) is 78.5 Å². The van der Waals surface area contributed by atoms with Crippen molar-refractivity contribution in [1.29, 1.82) is 0 Å². The van der Waals surface area contributed by atoms with Gasteiger partial charge < -0.3 is 15.5 Å². The maximum Gasteiger partial charge on any atom is 0.239 e. The molecule has 1 aromatic carbocycles. The number of benzene rings is 1. The molecule has 0 aliphatic carbocycles. The highest BCUT2D eigenvalue weighted by Crippen LogP contribution is 2.33. The predicted octanol–water partition coefficient (Wildman–Crippen LogP) is 1.49. The number of carbonyl (C=O) groups is 3. The largest absolute Gasteiger partial charge is 0.352 e. The van der Waals surface area contributed by atoms with Crippen LogP contribution in [0.5, 0.6) is 0 Å². The highest BCUT2D eigenvalue weighted by Gasteiger charge is 2.33. The summed E-state index contributed by atoms with van der Waals surface area (Å²) in [7, 11) is 0. The van der Waals surface area contributed by atoms with Gasteiger partial charge in [-0.25, -0.2) is 0 Å². The molecule has 0 aromatic heterocycles. The van der Waals surface area contributed by atoms with Crippen LogP contribution >= 0.6 is 0 Å². The lowest BCUT2D eigenvalue weighted by Gasteiger charge is -2.30. The van der Waals surface area contributed by atoms with E-state index in [4.69, 9.17) is 0 Å². The van der Waals surface area contributed by atoms with E-state index < -0.39 is 5.92 Å². The second kappa shape index (κ2) is 7.26. The number of amides is 3. The summed E-state index contributed by atoms with van der Waals surface area (Å²) in [5.74, 6) is -1.09. The van der Waals surface area contributed by atoms with Gasteiger partial charge in [0, 0.05) is 24.7 Å². The highest BCUT2D eigenvalue weighted by molar-refractivity contribution is 6.01. The molecular weight excluding hydrogens is 294 g/mol. The van der Waals surface area contributed by atoms with Gasteiger partial charge in [0.2, 0.25) is 17.7 Å². The molecule has 0 saturated carbocycles. The Kier molecular flexibility index (Phi) is 5.36. The highest BCUT2D eigenvalue weighted by atomic mass is 16.2. The van der Waals surface area contributed by atoms with Crippen LogP contribution < -0.4 is 10.6 Å². The molecule has 6 heteroatoms. The first-order chi connectivity index (χ1) is 10.9. The number of hydrogen-bond acceptors (Lipinski definition) is 3. The second-order valence-corrected chi connectivity index (χ2v) is 5.97. The van der Waals surface area contributed by atoms with Gasteiger partial charge in [0.15, 0.2) is 0 Å². The summed E-state index contributed by atoms with van der Waals surface area (Å²) >= 11 is 0. The van der Waals surface area contributed by atoms with E-state index in [2.05, 4.69) is 10.6 Å². The van der Waals surface area contributed by atoms with Crippen LogP contribution in [0.25, 0.3) is 0 Å². The molecule has 0 spiro atoms. The Morgan fingerprint density at radius 3 is 2.70 bits per heavy atom. The van der Waals surface area contributed by atoms with Crippen LogP contribution in [-0.4, -0.2) is 41.8 Å². The van der Waals surface area contributed by atoms with Crippen molar-refractivity contribution in [3.8, 4) is 0 Å². The van der Waals surface area contributed by atoms with Gasteiger partial charge in [-0.15, -0.1) is 0 Å². The Bertz CT molecular complexity index is 613. The molecule has 1 heterocycles. The molecule has 6 nitrogen and oxygen atoms in total. The monoisotopic (exact) mass is 317 g/mol. The molecule has 23 heavy (non-hydrogen) atoms. The summed E-state index contributed by atoms with van der Waals surface area (Å²) in [6.07, 6.45) is 0.109. The van der Waals surface area contributed by atoms with E-state index in [1.54, 1.807) is 6.07 Å². The van der Waals surface area contributed by atoms with E-state index in [0.717, 1.165) is 5.56 Å². The average molecular weight is 317 g/mol. The van der Waals surface area contributed by atoms with Crippen molar-refractivity contribution < 1.29 is 14.4 Å². The molecule has 0 bridgehead atoms. The zero-order chi connectivity index (χ0) is 17.0. The Morgan fingerprint density at radius 1 is 1.35 bits per heavy atom. The summed E-state index contributed by atoms with van der Waals surface area (Å²) in [5.41, 5.74) is 1.48. The van der Waals surface area contributed by atoms with Crippen LogP contribution in [0, 0.1) is 0 Å². The number of hydrogen-bond donors (Lipinski definition) is 2. The molecule has 1 aliphatic heterocycles. The third kappa shape index (κ3) is 4.09. The fraction of sp³-hybridized carbons (Fsp3) is 0.471. The summed E-state index contributed by atoms with van der Waals surface area (Å²) in [4.78, 5) is 38.1. The normalized spacial score (nSPS) is 16.5. The lowest BCUT2D eigenvalue weighted by Crippen LogP contribution is -2.45. The number of anilines is 1. The zero-order valence-electron chi connectivity index (χ0n) is 13.8. The lowest BCUT2D eigenvalue weighted by atomic mass is 9.89. The Balaban J connectivity index is 2.17. The maximum atomic E-state index is 12.8. The van der Waals surface area contributed by atoms with Gasteiger partial charge in [-0.3, -0.25) is 14.4 Å². The fourth-order valence-electron chi connectivity index (χ4n) is 2.74. The zero-order valence-corrected chi connectivity index (χ0v) is 13.8. The van der Waals surface area contributed by atoms with Gasteiger partial charge in [0.1, 0.15) is 0 Å². The van der Waals surface area contributed by atoms with Crippen molar-refractivity contribution in [2.75, 3.05) is 18.4 Å². The minimum Gasteiger partial charge on any atom is -0.352 e. The van der Waals surface area contributed by atoms with Crippen LogP contribution in [0.1, 0.15) is 38.7 Å². The third-order valence-corrected chi connectivity index (χ3v) is 3.78. The molecule has 124 valence electrons. The van der Waals surface area contributed by atoms with E-state index in [0.29, 0.717) is 12.2 Å².